The number of ether oxygens (including phenoxy) is 3. The lowest BCUT2D eigenvalue weighted by Crippen LogP contribution is -2.69. The van der Waals surface area contributed by atoms with Gasteiger partial charge in [-0.05, 0) is 81.6 Å². The van der Waals surface area contributed by atoms with E-state index in [4.69, 9.17) is 14.2 Å². The Labute approximate surface area is 228 Å². The van der Waals surface area contributed by atoms with Gasteiger partial charge in [-0.2, -0.15) is 0 Å². The molecule has 13 atom stereocenters. The number of aliphatic hydroxyl groups is 5. The molecule has 4 aliphatic carbocycles. The first-order valence-electron chi connectivity index (χ1n) is 14.5. The molecule has 0 spiro atoms. The van der Waals surface area contributed by atoms with Gasteiger partial charge in [0.15, 0.2) is 6.29 Å². The van der Waals surface area contributed by atoms with E-state index in [1.54, 1.807) is 13.0 Å². The van der Waals surface area contributed by atoms with Crippen molar-refractivity contribution >= 4 is 12.3 Å². The van der Waals surface area contributed by atoms with E-state index in [9.17, 15) is 35.1 Å². The number of fused-ring (bicyclic) bond motifs is 5. The third-order valence-corrected chi connectivity index (χ3v) is 12.0. The van der Waals surface area contributed by atoms with Crippen LogP contribution < -0.4 is 0 Å². The Morgan fingerprint density at radius 3 is 2.41 bits per heavy atom. The molecule has 39 heavy (non-hydrogen) atoms. The van der Waals surface area contributed by atoms with Crippen LogP contribution in [0.4, 0.5) is 0 Å². The fourth-order valence-corrected chi connectivity index (χ4v) is 9.75. The molecule has 1 saturated heterocycles. The Morgan fingerprint density at radius 1 is 0.974 bits per heavy atom. The molecule has 6 aliphatic rings. The first-order valence-corrected chi connectivity index (χ1v) is 14.5. The van der Waals surface area contributed by atoms with Gasteiger partial charge < -0.3 is 44.5 Å². The fourth-order valence-electron chi connectivity index (χ4n) is 9.75. The number of cyclic esters (lactones) is 1. The van der Waals surface area contributed by atoms with Gasteiger partial charge in [0.05, 0.1) is 28.8 Å². The summed E-state index contributed by atoms with van der Waals surface area (Å²) in [5.74, 6) is -0.616. The monoisotopic (exact) mass is 550 g/mol. The predicted molar refractivity (Wildman–Crippen MR) is 135 cm³/mol. The molecule has 0 amide bonds. The summed E-state index contributed by atoms with van der Waals surface area (Å²) in [6, 6.07) is 0. The molecule has 1 unspecified atom stereocenters. The minimum absolute atomic E-state index is 0.0465. The third-order valence-electron chi connectivity index (χ3n) is 12.0. The number of aliphatic hydroxyl groups excluding tert-OH is 3. The summed E-state index contributed by atoms with van der Waals surface area (Å²) in [5, 5.41) is 55.0. The zero-order valence-corrected chi connectivity index (χ0v) is 22.7. The lowest BCUT2D eigenvalue weighted by Gasteiger charge is -2.65. The van der Waals surface area contributed by atoms with Crippen LogP contribution in [0, 0.1) is 28.6 Å². The number of carbonyl (C=O) groups excluding carboxylic acids is 2. The Morgan fingerprint density at radius 2 is 1.72 bits per heavy atom. The summed E-state index contributed by atoms with van der Waals surface area (Å²) in [6.45, 7) is 3.98. The summed E-state index contributed by atoms with van der Waals surface area (Å²) in [7, 11) is 0. The predicted octanol–water partition coefficient (Wildman–Crippen LogP) is 0.750. The average Bonchev–Trinajstić information content (AvgIpc) is 3.45. The van der Waals surface area contributed by atoms with Gasteiger partial charge in [0.25, 0.3) is 0 Å². The molecule has 2 aliphatic heterocycles. The van der Waals surface area contributed by atoms with Crippen molar-refractivity contribution in [2.45, 2.75) is 120 Å². The average molecular weight is 551 g/mol. The smallest absolute Gasteiger partial charge is 0.331 e. The molecule has 0 radical (unpaired) electrons. The minimum atomic E-state index is -1.43. The van der Waals surface area contributed by atoms with Gasteiger partial charge in [-0.15, -0.1) is 0 Å². The van der Waals surface area contributed by atoms with Crippen LogP contribution >= 0.6 is 0 Å². The number of aldehydes is 1. The van der Waals surface area contributed by atoms with Crippen LogP contribution in [-0.4, -0.2) is 92.4 Å². The van der Waals surface area contributed by atoms with E-state index < -0.39 is 58.8 Å². The van der Waals surface area contributed by atoms with Crippen LogP contribution in [0.15, 0.2) is 11.6 Å². The molecule has 5 N–H and O–H groups in total. The molecule has 10 nitrogen and oxygen atoms in total. The molecule has 10 heteroatoms. The zero-order chi connectivity index (χ0) is 28.0. The van der Waals surface area contributed by atoms with Crippen molar-refractivity contribution in [2.75, 3.05) is 6.61 Å². The molecular weight excluding hydrogens is 508 g/mol. The second-order valence-electron chi connectivity index (χ2n) is 13.4. The fraction of sp³-hybridized carbons (Fsp3) is 0.862. The van der Waals surface area contributed by atoms with Crippen LogP contribution in [0.5, 0.6) is 0 Å². The molecule has 0 aromatic rings. The molecular formula is C29H42O10. The Balaban J connectivity index is 1.22. The maximum atomic E-state index is 13.0. The van der Waals surface area contributed by atoms with Gasteiger partial charge in [0.1, 0.15) is 31.2 Å². The zero-order valence-electron chi connectivity index (χ0n) is 22.7. The number of carbonyl (C=O) groups is 2. The molecule has 0 aromatic heterocycles. The summed E-state index contributed by atoms with van der Waals surface area (Å²) >= 11 is 0. The van der Waals surface area contributed by atoms with E-state index in [0.29, 0.717) is 44.9 Å². The normalized spacial score (nSPS) is 55.2. The Bertz CT molecular complexity index is 1050. The maximum absolute atomic E-state index is 13.0. The highest BCUT2D eigenvalue weighted by Crippen LogP contribution is 2.70. The molecule has 0 bridgehead atoms. The molecule has 4 saturated carbocycles. The SMILES string of the molecule is C[C@H]1OC(O[C@H]2CC[C@]3(C=O)[C@H]4CC[C@]5(C)[C@@H](C6=CC(=O)OC6)CC[C@]5(O)[C@@H]4CC[C@]3(O)C2)[C@H](O)[C@H](O)[C@H]1O. The van der Waals surface area contributed by atoms with Crippen LogP contribution in [0.1, 0.15) is 71.6 Å². The highest BCUT2D eigenvalue weighted by molar-refractivity contribution is 5.85. The third kappa shape index (κ3) is 3.78. The molecule has 5 fully saturated rings. The highest BCUT2D eigenvalue weighted by Gasteiger charge is 2.71. The van der Waals surface area contributed by atoms with E-state index in [1.165, 1.54) is 0 Å². The van der Waals surface area contributed by atoms with Crippen molar-refractivity contribution in [2.24, 2.45) is 28.6 Å². The van der Waals surface area contributed by atoms with Crippen molar-refractivity contribution in [3.63, 3.8) is 0 Å². The van der Waals surface area contributed by atoms with E-state index in [1.807, 2.05) is 0 Å². The number of hydrogen-bond donors (Lipinski definition) is 5. The Kier molecular flexibility index (Phi) is 6.62. The number of rotatable bonds is 4. The second-order valence-corrected chi connectivity index (χ2v) is 13.4. The summed E-state index contributed by atoms with van der Waals surface area (Å²) in [6.07, 6.45) is 0.689. The van der Waals surface area contributed by atoms with Crippen LogP contribution in [0.2, 0.25) is 0 Å². The van der Waals surface area contributed by atoms with Crippen molar-refractivity contribution < 1.29 is 49.3 Å². The van der Waals surface area contributed by atoms with Crippen molar-refractivity contribution in [3.8, 4) is 0 Å². The van der Waals surface area contributed by atoms with Gasteiger partial charge in [-0.1, -0.05) is 6.92 Å². The van der Waals surface area contributed by atoms with Crippen molar-refractivity contribution in [3.05, 3.63) is 11.6 Å². The van der Waals surface area contributed by atoms with Gasteiger partial charge in [-0.25, -0.2) is 4.79 Å². The molecule has 0 aromatic carbocycles. The molecule has 2 heterocycles. The van der Waals surface area contributed by atoms with E-state index in [-0.39, 0.29) is 36.8 Å². The summed E-state index contributed by atoms with van der Waals surface area (Å²) < 4.78 is 16.9. The first kappa shape index (κ1) is 27.8. The van der Waals surface area contributed by atoms with Gasteiger partial charge in [0.2, 0.25) is 0 Å². The van der Waals surface area contributed by atoms with Crippen LogP contribution in [-0.2, 0) is 23.8 Å². The van der Waals surface area contributed by atoms with Crippen LogP contribution in [0.25, 0.3) is 0 Å². The topological polar surface area (TPSA) is 163 Å². The first-order chi connectivity index (χ1) is 18.4. The Hall–Kier alpha value is -1.40. The largest absolute Gasteiger partial charge is 0.458 e. The molecule has 218 valence electrons. The van der Waals surface area contributed by atoms with Crippen molar-refractivity contribution in [1.29, 1.82) is 0 Å². The van der Waals surface area contributed by atoms with E-state index in [0.717, 1.165) is 18.3 Å². The quantitative estimate of drug-likeness (QED) is 0.192. The van der Waals surface area contributed by atoms with Crippen LogP contribution in [0.3, 0.4) is 0 Å². The lowest BCUT2D eigenvalue weighted by molar-refractivity contribution is -0.317. The van der Waals surface area contributed by atoms with E-state index >= 15 is 0 Å². The number of hydrogen-bond acceptors (Lipinski definition) is 10. The lowest BCUT2D eigenvalue weighted by atomic mass is 9.41. The van der Waals surface area contributed by atoms with Gasteiger partial charge >= 0.3 is 5.97 Å². The minimum Gasteiger partial charge on any atom is -0.458 e. The highest BCUT2D eigenvalue weighted by atomic mass is 16.7. The summed E-state index contributed by atoms with van der Waals surface area (Å²) in [5.41, 5.74) is -2.86. The van der Waals surface area contributed by atoms with Crippen molar-refractivity contribution in [1.82, 2.24) is 0 Å². The maximum Gasteiger partial charge on any atom is 0.331 e. The van der Waals surface area contributed by atoms with E-state index in [2.05, 4.69) is 6.92 Å². The van der Waals surface area contributed by atoms with Gasteiger partial charge in [-0.3, -0.25) is 0 Å². The second kappa shape index (κ2) is 9.31. The standard InChI is InChI=1S/C29H42O10/c1-15-22(32)23(33)24(34)25(38-15)39-17-3-8-27(14-30)19-4-7-26(2)18(16-11-21(31)37-13-16)6-10-29(26,36)20(19)5-9-28(27,35)12-17/h11,14-15,17-20,22-25,32-36H,3-10,12-13H2,1-2H3/t15-,17+,18-,19+,20-,22+,23-,24-,25?,26-,27+,28+,29+/m1/s1. The number of esters is 1. The molecule has 6 rings (SSSR count). The van der Waals surface area contributed by atoms with Gasteiger partial charge in [0, 0.05) is 17.9 Å². The summed E-state index contributed by atoms with van der Waals surface area (Å²) in [4.78, 5) is 24.8.